The summed E-state index contributed by atoms with van der Waals surface area (Å²) in [5.74, 6) is 5.68. The van der Waals surface area contributed by atoms with Crippen LogP contribution >= 0.6 is 11.6 Å². The summed E-state index contributed by atoms with van der Waals surface area (Å²) in [4.78, 5) is 22.5. The smallest absolute Gasteiger partial charge is 0.220 e. The summed E-state index contributed by atoms with van der Waals surface area (Å²) in [6.45, 7) is 3.58. The minimum absolute atomic E-state index is 0.00153. The number of carbonyl (C=O) groups is 2. The van der Waals surface area contributed by atoms with Crippen LogP contribution in [-0.4, -0.2) is 104 Å². The standard InChI is InChI=1S/C18H31NO4.C10H15Cl.C8H17NO4/c20-4-1-2-17(21)19-3-5-22-6-7-23-18-11-14-8-15(12-18)10-16(9-14)13-18;11-10-4-7-1-8(5-10)3-9(2-7)6-10;10-4-1-2-8(12)9-3-6-13-7-5-11/h14-16,20H,1-13H2,(H,19,21);7-9H,1-6H2;10-11H,1-7H2,(H,9,12). The molecule has 0 unspecified atom stereocenters. The minimum atomic E-state index is -0.0818. The van der Waals surface area contributed by atoms with Crippen molar-refractivity contribution in [2.45, 2.75) is 113 Å². The van der Waals surface area contributed by atoms with Crippen LogP contribution in [0.5, 0.6) is 0 Å². The summed E-state index contributed by atoms with van der Waals surface area (Å²) in [5, 5.41) is 30.8. The fourth-order valence-electron chi connectivity index (χ4n) is 9.98. The minimum Gasteiger partial charge on any atom is -0.396 e. The van der Waals surface area contributed by atoms with Gasteiger partial charge in [-0.2, -0.15) is 0 Å². The van der Waals surface area contributed by atoms with E-state index in [1.807, 2.05) is 0 Å². The molecule has 0 spiro atoms. The highest BCUT2D eigenvalue weighted by atomic mass is 35.5. The molecular formula is C36H63ClN2O8. The van der Waals surface area contributed by atoms with Crippen molar-refractivity contribution in [1.29, 1.82) is 0 Å². The van der Waals surface area contributed by atoms with Crippen LogP contribution in [-0.2, 0) is 23.8 Å². The Kier molecular flexibility index (Phi) is 16.5. The monoisotopic (exact) mass is 686 g/mol. The van der Waals surface area contributed by atoms with Gasteiger partial charge < -0.3 is 40.2 Å². The third kappa shape index (κ3) is 13.3. The molecule has 0 aliphatic heterocycles. The molecule has 8 fully saturated rings. The number of hydrogen-bond acceptors (Lipinski definition) is 8. The topological polar surface area (TPSA) is 147 Å². The van der Waals surface area contributed by atoms with Crippen molar-refractivity contribution in [3.05, 3.63) is 0 Å². The zero-order valence-electron chi connectivity index (χ0n) is 28.6. The maximum absolute atomic E-state index is 11.3. The first-order valence-corrected chi connectivity index (χ1v) is 19.0. The van der Waals surface area contributed by atoms with E-state index in [1.165, 1.54) is 77.0 Å². The van der Waals surface area contributed by atoms with Gasteiger partial charge in [0.2, 0.25) is 11.8 Å². The Labute approximate surface area is 287 Å². The van der Waals surface area contributed by atoms with Crippen LogP contribution in [0.25, 0.3) is 0 Å². The van der Waals surface area contributed by atoms with Crippen LogP contribution in [0.2, 0.25) is 0 Å². The number of halogens is 1. The quantitative estimate of drug-likeness (QED) is 0.108. The number of amides is 2. The predicted octanol–water partition coefficient (Wildman–Crippen LogP) is 3.96. The van der Waals surface area contributed by atoms with Crippen LogP contribution in [0, 0.1) is 35.5 Å². The first-order chi connectivity index (χ1) is 22.7. The van der Waals surface area contributed by atoms with E-state index in [0.29, 0.717) is 71.8 Å². The number of rotatable bonds is 18. The normalized spacial score (nSPS) is 33.9. The molecule has 0 aromatic rings. The number of ether oxygens (including phenoxy) is 3. The average molecular weight is 687 g/mol. The molecule has 5 N–H and O–H groups in total. The fraction of sp³-hybridized carbons (Fsp3) is 0.944. The van der Waals surface area contributed by atoms with Gasteiger partial charge in [0, 0.05) is 44.0 Å². The first kappa shape index (κ1) is 38.8. The lowest BCUT2D eigenvalue weighted by molar-refractivity contribution is -0.168. The molecule has 0 atom stereocenters. The van der Waals surface area contributed by atoms with Crippen LogP contribution in [0.3, 0.4) is 0 Å². The number of aliphatic hydroxyl groups is 3. The van der Waals surface area contributed by atoms with E-state index in [0.717, 1.165) is 35.5 Å². The molecule has 8 saturated carbocycles. The van der Waals surface area contributed by atoms with Gasteiger partial charge in [0.25, 0.3) is 0 Å². The molecular weight excluding hydrogens is 624 g/mol. The van der Waals surface area contributed by atoms with Gasteiger partial charge in [-0.05, 0) is 125 Å². The van der Waals surface area contributed by atoms with Gasteiger partial charge in [-0.1, -0.05) is 0 Å². The Morgan fingerprint density at radius 2 is 0.979 bits per heavy atom. The van der Waals surface area contributed by atoms with Gasteiger partial charge in [0.15, 0.2) is 0 Å². The van der Waals surface area contributed by atoms with E-state index in [2.05, 4.69) is 10.6 Å². The highest BCUT2D eigenvalue weighted by Crippen LogP contribution is 2.58. The number of alkyl halides is 1. The molecule has 47 heavy (non-hydrogen) atoms. The van der Waals surface area contributed by atoms with E-state index in [4.69, 9.17) is 41.1 Å². The van der Waals surface area contributed by atoms with Crippen molar-refractivity contribution < 1.29 is 39.1 Å². The van der Waals surface area contributed by atoms with Gasteiger partial charge in [0.05, 0.1) is 45.2 Å². The van der Waals surface area contributed by atoms with Crippen molar-refractivity contribution in [2.24, 2.45) is 35.5 Å². The third-order valence-electron chi connectivity index (χ3n) is 11.1. The van der Waals surface area contributed by atoms with Gasteiger partial charge in [-0.25, -0.2) is 0 Å². The van der Waals surface area contributed by atoms with Crippen LogP contribution in [0.15, 0.2) is 0 Å². The molecule has 2 amide bonds. The number of hydrogen-bond donors (Lipinski definition) is 5. The van der Waals surface area contributed by atoms with Gasteiger partial charge in [0.1, 0.15) is 0 Å². The van der Waals surface area contributed by atoms with Crippen molar-refractivity contribution in [1.82, 2.24) is 10.6 Å². The zero-order chi connectivity index (χ0) is 33.5. The molecule has 8 aliphatic carbocycles. The molecule has 8 aliphatic rings. The number of nitrogens with one attached hydrogen (secondary N) is 2. The summed E-state index contributed by atoms with van der Waals surface area (Å²) in [5.41, 5.74) is 0.163. The SMILES string of the molecule is ClC12CC3CC(CC(C3)C1)C2.O=C(CCCO)NCCOCCO.O=C(CCCO)NCCOCCOC12CC3CC(CC(C3)C1)C2. The Balaban J connectivity index is 0.000000176. The molecule has 0 heterocycles. The molecule has 8 bridgehead atoms. The van der Waals surface area contributed by atoms with E-state index in [-0.39, 0.29) is 42.1 Å². The lowest BCUT2D eigenvalue weighted by Gasteiger charge is -2.56. The second kappa shape index (κ2) is 20.0. The Morgan fingerprint density at radius 1 is 0.574 bits per heavy atom. The highest BCUT2D eigenvalue weighted by Gasteiger charge is 2.52. The predicted molar refractivity (Wildman–Crippen MR) is 181 cm³/mol. The van der Waals surface area contributed by atoms with Crippen LogP contribution in [0.4, 0.5) is 0 Å². The lowest BCUT2D eigenvalue weighted by Crippen LogP contribution is -2.52. The Hall–Kier alpha value is -1.01. The van der Waals surface area contributed by atoms with Crippen molar-refractivity contribution in [3.63, 3.8) is 0 Å². The molecule has 8 rings (SSSR count). The third-order valence-corrected chi connectivity index (χ3v) is 11.5. The maximum atomic E-state index is 11.3. The van der Waals surface area contributed by atoms with Gasteiger partial charge >= 0.3 is 0 Å². The average Bonchev–Trinajstić information content (AvgIpc) is 3.01. The molecule has 10 nitrogen and oxygen atoms in total. The molecule has 11 heteroatoms. The maximum Gasteiger partial charge on any atom is 0.220 e. The largest absolute Gasteiger partial charge is 0.396 e. The highest BCUT2D eigenvalue weighted by molar-refractivity contribution is 6.24. The number of aliphatic hydroxyl groups excluding tert-OH is 3. The summed E-state index contributed by atoms with van der Waals surface area (Å²) < 4.78 is 16.8. The Morgan fingerprint density at radius 3 is 1.36 bits per heavy atom. The second-order valence-corrected chi connectivity index (χ2v) is 16.1. The van der Waals surface area contributed by atoms with E-state index in [1.54, 1.807) is 0 Å². The molecule has 272 valence electrons. The van der Waals surface area contributed by atoms with Crippen LogP contribution in [0.1, 0.15) is 103 Å². The number of carbonyl (C=O) groups excluding carboxylic acids is 2. The Bertz CT molecular complexity index is 866. The van der Waals surface area contributed by atoms with E-state index >= 15 is 0 Å². The summed E-state index contributed by atoms with van der Waals surface area (Å²) in [6.07, 6.45) is 18.4. The molecule has 0 aromatic carbocycles. The fourth-order valence-corrected chi connectivity index (χ4v) is 10.6. The van der Waals surface area contributed by atoms with E-state index < -0.39 is 0 Å². The van der Waals surface area contributed by atoms with E-state index in [9.17, 15) is 9.59 Å². The summed E-state index contributed by atoms with van der Waals surface area (Å²) in [6, 6.07) is 0. The second-order valence-electron chi connectivity index (χ2n) is 15.3. The lowest BCUT2D eigenvalue weighted by atomic mass is 9.54. The van der Waals surface area contributed by atoms with Gasteiger partial charge in [-0.15, -0.1) is 11.6 Å². The van der Waals surface area contributed by atoms with Crippen molar-refractivity contribution in [2.75, 3.05) is 65.9 Å². The molecule has 0 aromatic heterocycles. The van der Waals surface area contributed by atoms with Crippen molar-refractivity contribution >= 4 is 23.4 Å². The molecule has 0 radical (unpaired) electrons. The van der Waals surface area contributed by atoms with Gasteiger partial charge in [-0.3, -0.25) is 9.59 Å². The first-order valence-electron chi connectivity index (χ1n) is 18.6. The summed E-state index contributed by atoms with van der Waals surface area (Å²) >= 11 is 6.53. The van der Waals surface area contributed by atoms with Crippen LogP contribution < -0.4 is 10.6 Å². The van der Waals surface area contributed by atoms with Crippen molar-refractivity contribution in [3.8, 4) is 0 Å². The molecule has 0 saturated heterocycles. The summed E-state index contributed by atoms with van der Waals surface area (Å²) in [7, 11) is 0. The zero-order valence-corrected chi connectivity index (χ0v) is 29.4.